The molecule has 1 saturated heterocycles. The normalized spacial score (nSPS) is 16.4. The summed E-state index contributed by atoms with van der Waals surface area (Å²) in [6.45, 7) is 1.34. The summed E-state index contributed by atoms with van der Waals surface area (Å²) in [6, 6.07) is 12.3. The topological polar surface area (TPSA) is 70.2 Å². The van der Waals surface area contributed by atoms with E-state index >= 15 is 0 Å². The van der Waals surface area contributed by atoms with Crippen LogP contribution in [0.2, 0.25) is 0 Å². The smallest absolute Gasteiger partial charge is 0.254 e. The molecule has 0 unspecified atom stereocenters. The minimum atomic E-state index is -0.738. The van der Waals surface area contributed by atoms with Gasteiger partial charge in [-0.1, -0.05) is 0 Å². The Balaban J connectivity index is 1.43. The Labute approximate surface area is 172 Å². The number of halogens is 2. The third-order valence-electron chi connectivity index (χ3n) is 5.22. The Bertz CT molecular complexity index is 1040. The van der Waals surface area contributed by atoms with Crippen LogP contribution in [-0.4, -0.2) is 42.3 Å². The number of nitrogens with zero attached hydrogens (tertiary/aromatic N) is 2. The maximum absolute atomic E-state index is 13.9. The number of carbonyl (C=O) groups is 1. The van der Waals surface area contributed by atoms with E-state index in [1.165, 1.54) is 0 Å². The Hall–Kier alpha value is -3.42. The monoisotopic (exact) mass is 412 g/mol. The summed E-state index contributed by atoms with van der Waals surface area (Å²) >= 11 is 0. The van der Waals surface area contributed by atoms with Gasteiger partial charge >= 0.3 is 0 Å². The van der Waals surface area contributed by atoms with Gasteiger partial charge in [0.1, 0.15) is 17.4 Å². The SMILES string of the molecule is COc1ccc(-c2cc(N3CCC[C@H](NC(=O)c4cc(F)ccc4F)C3)n[nH]2)cc1. The number of rotatable bonds is 5. The first-order valence-electron chi connectivity index (χ1n) is 9.74. The zero-order valence-electron chi connectivity index (χ0n) is 16.5. The van der Waals surface area contributed by atoms with E-state index in [2.05, 4.69) is 20.4 Å². The van der Waals surface area contributed by atoms with Crippen LogP contribution in [0, 0.1) is 11.6 Å². The average molecular weight is 412 g/mol. The average Bonchev–Trinajstić information content (AvgIpc) is 3.26. The highest BCUT2D eigenvalue weighted by Gasteiger charge is 2.24. The number of benzene rings is 2. The molecular weight excluding hydrogens is 390 g/mol. The molecule has 30 heavy (non-hydrogen) atoms. The zero-order chi connectivity index (χ0) is 21.1. The molecule has 2 aromatic carbocycles. The quantitative estimate of drug-likeness (QED) is 0.670. The van der Waals surface area contributed by atoms with Gasteiger partial charge in [0.25, 0.3) is 5.91 Å². The highest BCUT2D eigenvalue weighted by molar-refractivity contribution is 5.94. The standard InChI is InChI=1S/C22H22F2N4O2/c1-30-17-7-4-14(5-8-17)20-12-21(27-26-20)28-10-2-3-16(13-28)25-22(29)18-11-15(23)6-9-19(18)24/h4-9,11-12,16H,2-3,10,13H2,1H3,(H,25,29)(H,26,27)/t16-/m0/s1. The molecular formula is C22H22F2N4O2. The largest absolute Gasteiger partial charge is 0.497 e. The fourth-order valence-corrected chi connectivity index (χ4v) is 3.63. The molecule has 1 atom stereocenters. The van der Waals surface area contributed by atoms with Gasteiger partial charge in [-0.15, -0.1) is 0 Å². The Morgan fingerprint density at radius 1 is 1.20 bits per heavy atom. The first kappa shape index (κ1) is 19.9. The maximum Gasteiger partial charge on any atom is 0.254 e. The molecule has 1 fully saturated rings. The van der Waals surface area contributed by atoms with E-state index in [9.17, 15) is 13.6 Å². The molecule has 1 aliphatic heterocycles. The lowest BCUT2D eigenvalue weighted by Gasteiger charge is -2.33. The van der Waals surface area contributed by atoms with Crippen LogP contribution >= 0.6 is 0 Å². The number of hydrogen-bond acceptors (Lipinski definition) is 4. The Kier molecular flexibility index (Phi) is 5.65. The van der Waals surface area contributed by atoms with E-state index < -0.39 is 17.5 Å². The summed E-state index contributed by atoms with van der Waals surface area (Å²) in [7, 11) is 1.62. The molecule has 2 heterocycles. The number of methoxy groups -OCH3 is 1. The lowest BCUT2D eigenvalue weighted by molar-refractivity contribution is 0.0928. The van der Waals surface area contributed by atoms with Crippen molar-refractivity contribution in [2.24, 2.45) is 0 Å². The van der Waals surface area contributed by atoms with Gasteiger partial charge in [0.2, 0.25) is 0 Å². The van der Waals surface area contributed by atoms with Crippen molar-refractivity contribution in [3.8, 4) is 17.0 Å². The third-order valence-corrected chi connectivity index (χ3v) is 5.22. The number of anilines is 1. The Morgan fingerprint density at radius 3 is 2.77 bits per heavy atom. The molecule has 2 N–H and O–H groups in total. The number of aromatic nitrogens is 2. The molecule has 0 bridgehead atoms. The van der Waals surface area contributed by atoms with Gasteiger partial charge in [0.15, 0.2) is 5.82 Å². The molecule has 1 aliphatic rings. The first-order valence-corrected chi connectivity index (χ1v) is 9.74. The molecule has 0 aliphatic carbocycles. The van der Waals surface area contributed by atoms with E-state index in [1.54, 1.807) is 7.11 Å². The molecule has 1 aromatic heterocycles. The van der Waals surface area contributed by atoms with Crippen LogP contribution in [0.5, 0.6) is 5.75 Å². The van der Waals surface area contributed by atoms with Gasteiger partial charge in [-0.25, -0.2) is 8.78 Å². The van der Waals surface area contributed by atoms with Gasteiger partial charge in [0, 0.05) is 25.2 Å². The lowest BCUT2D eigenvalue weighted by Crippen LogP contribution is -2.48. The van der Waals surface area contributed by atoms with Gasteiger partial charge in [-0.2, -0.15) is 5.10 Å². The molecule has 1 amide bonds. The van der Waals surface area contributed by atoms with Gasteiger partial charge < -0.3 is 15.0 Å². The highest BCUT2D eigenvalue weighted by Crippen LogP contribution is 2.26. The van der Waals surface area contributed by atoms with E-state index in [0.717, 1.165) is 60.4 Å². The van der Waals surface area contributed by atoms with E-state index in [1.807, 2.05) is 30.3 Å². The van der Waals surface area contributed by atoms with Crippen LogP contribution in [0.25, 0.3) is 11.3 Å². The van der Waals surface area contributed by atoms with Crippen molar-refractivity contribution in [2.75, 3.05) is 25.1 Å². The Morgan fingerprint density at radius 2 is 2.00 bits per heavy atom. The third kappa shape index (κ3) is 4.27. The van der Waals surface area contributed by atoms with Crippen molar-refractivity contribution in [3.05, 3.63) is 65.7 Å². The molecule has 4 rings (SSSR count). The predicted molar refractivity (Wildman–Crippen MR) is 110 cm³/mol. The summed E-state index contributed by atoms with van der Waals surface area (Å²) in [4.78, 5) is 14.5. The minimum absolute atomic E-state index is 0.185. The molecule has 0 radical (unpaired) electrons. The van der Waals surface area contributed by atoms with Crippen LogP contribution in [0.1, 0.15) is 23.2 Å². The van der Waals surface area contributed by atoms with Gasteiger partial charge in [-0.05, 0) is 60.9 Å². The lowest BCUT2D eigenvalue weighted by atomic mass is 10.0. The summed E-state index contributed by atoms with van der Waals surface area (Å²) < 4.78 is 32.4. The number of carbonyl (C=O) groups excluding carboxylic acids is 1. The second-order valence-electron chi connectivity index (χ2n) is 7.25. The highest BCUT2D eigenvalue weighted by atomic mass is 19.1. The van der Waals surface area contributed by atoms with Gasteiger partial charge in [-0.3, -0.25) is 9.89 Å². The number of piperidine rings is 1. The van der Waals surface area contributed by atoms with Crippen molar-refractivity contribution >= 4 is 11.7 Å². The fraction of sp³-hybridized carbons (Fsp3) is 0.273. The number of amides is 1. The summed E-state index contributed by atoms with van der Waals surface area (Å²) in [6.07, 6.45) is 1.61. The summed E-state index contributed by atoms with van der Waals surface area (Å²) in [5.74, 6) is -0.438. The van der Waals surface area contributed by atoms with Crippen molar-refractivity contribution in [1.82, 2.24) is 15.5 Å². The van der Waals surface area contributed by atoms with Crippen LogP contribution in [0.3, 0.4) is 0 Å². The van der Waals surface area contributed by atoms with Crippen LogP contribution in [0.4, 0.5) is 14.6 Å². The van der Waals surface area contributed by atoms with E-state index in [-0.39, 0.29) is 11.6 Å². The van der Waals surface area contributed by atoms with Crippen molar-refractivity contribution in [1.29, 1.82) is 0 Å². The van der Waals surface area contributed by atoms with Gasteiger partial charge in [0.05, 0.1) is 18.4 Å². The summed E-state index contributed by atoms with van der Waals surface area (Å²) in [5, 5.41) is 10.3. The molecule has 3 aromatic rings. The molecule has 0 saturated carbocycles. The number of nitrogens with one attached hydrogen (secondary N) is 2. The molecule has 6 nitrogen and oxygen atoms in total. The first-order chi connectivity index (χ1) is 14.5. The summed E-state index contributed by atoms with van der Waals surface area (Å²) in [5.41, 5.74) is 1.58. The second-order valence-corrected chi connectivity index (χ2v) is 7.25. The fourth-order valence-electron chi connectivity index (χ4n) is 3.63. The van der Waals surface area contributed by atoms with E-state index in [0.29, 0.717) is 6.54 Å². The van der Waals surface area contributed by atoms with Crippen molar-refractivity contribution in [2.45, 2.75) is 18.9 Å². The molecule has 156 valence electrons. The van der Waals surface area contributed by atoms with Crippen molar-refractivity contribution < 1.29 is 18.3 Å². The van der Waals surface area contributed by atoms with Crippen molar-refractivity contribution in [3.63, 3.8) is 0 Å². The van der Waals surface area contributed by atoms with Crippen LogP contribution < -0.4 is 15.0 Å². The van der Waals surface area contributed by atoms with Crippen LogP contribution in [-0.2, 0) is 0 Å². The number of aromatic amines is 1. The van der Waals surface area contributed by atoms with Crippen LogP contribution in [0.15, 0.2) is 48.5 Å². The van der Waals surface area contributed by atoms with E-state index in [4.69, 9.17) is 4.74 Å². The number of ether oxygens (including phenoxy) is 1. The molecule has 8 heteroatoms. The minimum Gasteiger partial charge on any atom is -0.497 e. The predicted octanol–water partition coefficient (Wildman–Crippen LogP) is 3.76. The zero-order valence-corrected chi connectivity index (χ0v) is 16.5. The number of H-pyrrole nitrogens is 1. The second kappa shape index (κ2) is 8.52. The molecule has 0 spiro atoms. The maximum atomic E-state index is 13.9. The number of hydrogen-bond donors (Lipinski definition) is 2.